The molecule has 2 rings (SSSR count). The molecular formula is C16H16N3O+. The van der Waals surface area contributed by atoms with Crippen molar-refractivity contribution >= 4 is 11.6 Å². The SMILES string of the molecule is CCc1cc[n+](CC(=O)Nc2ccc(C#N)cc2)cc1. The maximum absolute atomic E-state index is 11.9. The first-order chi connectivity index (χ1) is 9.71. The first kappa shape index (κ1) is 13.8. The summed E-state index contributed by atoms with van der Waals surface area (Å²) < 4.78 is 1.83. The number of aryl methyl sites for hydroxylation is 1. The Morgan fingerprint density at radius 2 is 1.85 bits per heavy atom. The number of hydrogen-bond acceptors (Lipinski definition) is 2. The Labute approximate surface area is 118 Å². The van der Waals surface area contributed by atoms with Crippen molar-refractivity contribution in [2.24, 2.45) is 0 Å². The molecule has 100 valence electrons. The summed E-state index contributed by atoms with van der Waals surface area (Å²) in [6, 6.07) is 12.9. The van der Waals surface area contributed by atoms with Crippen molar-refractivity contribution in [2.45, 2.75) is 19.9 Å². The third-order valence-corrected chi connectivity index (χ3v) is 2.99. The predicted octanol–water partition coefficient (Wildman–Crippen LogP) is 2.05. The molecule has 0 aliphatic rings. The Balaban J connectivity index is 1.95. The normalized spacial score (nSPS) is 9.80. The third kappa shape index (κ3) is 3.66. The monoisotopic (exact) mass is 266 g/mol. The minimum atomic E-state index is -0.0936. The quantitative estimate of drug-likeness (QED) is 0.861. The molecule has 0 saturated carbocycles. The number of carbonyl (C=O) groups excluding carboxylic acids is 1. The van der Waals surface area contributed by atoms with Crippen LogP contribution in [0.2, 0.25) is 0 Å². The van der Waals surface area contributed by atoms with Gasteiger partial charge in [0.25, 0.3) is 5.91 Å². The Bertz CT molecular complexity index is 624. The van der Waals surface area contributed by atoms with Crippen molar-refractivity contribution in [2.75, 3.05) is 5.32 Å². The fraction of sp³-hybridized carbons (Fsp3) is 0.188. The van der Waals surface area contributed by atoms with Crippen molar-refractivity contribution < 1.29 is 9.36 Å². The van der Waals surface area contributed by atoms with Crippen LogP contribution in [0.1, 0.15) is 18.1 Å². The Kier molecular flexibility index (Phi) is 4.46. The standard InChI is InChI=1S/C16H15N3O/c1-2-13-7-9-19(10-8-13)12-16(20)18-15-5-3-14(11-17)4-6-15/h3-10H,2,12H2,1H3/p+1. The maximum Gasteiger partial charge on any atom is 0.290 e. The molecule has 4 heteroatoms. The van der Waals surface area contributed by atoms with Crippen molar-refractivity contribution in [3.05, 3.63) is 59.9 Å². The van der Waals surface area contributed by atoms with Crippen LogP contribution in [0.25, 0.3) is 0 Å². The van der Waals surface area contributed by atoms with E-state index in [-0.39, 0.29) is 12.5 Å². The molecule has 0 atom stereocenters. The molecule has 1 heterocycles. The van der Waals surface area contributed by atoms with Gasteiger partial charge >= 0.3 is 0 Å². The molecule has 4 nitrogen and oxygen atoms in total. The molecule has 0 aliphatic carbocycles. The van der Waals surface area contributed by atoms with E-state index in [2.05, 4.69) is 12.2 Å². The second-order valence-electron chi connectivity index (χ2n) is 4.47. The van der Waals surface area contributed by atoms with Crippen molar-refractivity contribution in [3.63, 3.8) is 0 Å². The summed E-state index contributed by atoms with van der Waals surface area (Å²) in [6.07, 6.45) is 4.78. The van der Waals surface area contributed by atoms with Crippen LogP contribution < -0.4 is 9.88 Å². The number of rotatable bonds is 4. The summed E-state index contributed by atoms with van der Waals surface area (Å²) in [7, 11) is 0. The van der Waals surface area contributed by atoms with Crippen molar-refractivity contribution in [3.8, 4) is 6.07 Å². The average Bonchev–Trinajstić information content (AvgIpc) is 2.49. The van der Waals surface area contributed by atoms with Gasteiger partial charge < -0.3 is 5.32 Å². The zero-order valence-corrected chi connectivity index (χ0v) is 11.3. The van der Waals surface area contributed by atoms with Crippen LogP contribution in [-0.4, -0.2) is 5.91 Å². The second kappa shape index (κ2) is 6.48. The Morgan fingerprint density at radius 1 is 1.20 bits per heavy atom. The fourth-order valence-electron chi connectivity index (χ4n) is 1.82. The minimum Gasteiger partial charge on any atom is -0.321 e. The van der Waals surface area contributed by atoms with Crippen LogP contribution in [0.4, 0.5) is 5.69 Å². The lowest BCUT2D eigenvalue weighted by molar-refractivity contribution is -0.684. The molecule has 0 spiro atoms. The lowest BCUT2D eigenvalue weighted by atomic mass is 10.2. The van der Waals surface area contributed by atoms with Gasteiger partial charge in [0.05, 0.1) is 11.6 Å². The number of nitriles is 1. The van der Waals surface area contributed by atoms with Gasteiger partial charge in [0.1, 0.15) is 0 Å². The summed E-state index contributed by atoms with van der Waals surface area (Å²) in [5.74, 6) is -0.0936. The number of amides is 1. The lowest BCUT2D eigenvalue weighted by Crippen LogP contribution is -2.39. The van der Waals surface area contributed by atoms with Crippen LogP contribution in [0.15, 0.2) is 48.8 Å². The Hall–Kier alpha value is -2.67. The largest absolute Gasteiger partial charge is 0.321 e. The zero-order chi connectivity index (χ0) is 14.4. The van der Waals surface area contributed by atoms with Gasteiger partial charge in [-0.3, -0.25) is 4.79 Å². The number of anilines is 1. The van der Waals surface area contributed by atoms with Gasteiger partial charge in [0, 0.05) is 17.8 Å². The van der Waals surface area contributed by atoms with Gasteiger partial charge in [0.2, 0.25) is 6.54 Å². The molecule has 1 N–H and O–H groups in total. The summed E-state index contributed by atoms with van der Waals surface area (Å²) >= 11 is 0. The molecule has 0 radical (unpaired) electrons. The van der Waals surface area contributed by atoms with Gasteiger partial charge in [-0.2, -0.15) is 9.83 Å². The van der Waals surface area contributed by atoms with E-state index in [4.69, 9.17) is 5.26 Å². The first-order valence-electron chi connectivity index (χ1n) is 6.49. The van der Waals surface area contributed by atoms with Crippen LogP contribution >= 0.6 is 0 Å². The van der Waals surface area contributed by atoms with Crippen LogP contribution in [0, 0.1) is 11.3 Å². The highest BCUT2D eigenvalue weighted by Gasteiger charge is 2.09. The summed E-state index contributed by atoms with van der Waals surface area (Å²) in [5.41, 5.74) is 2.51. The van der Waals surface area contributed by atoms with Gasteiger partial charge in [0.15, 0.2) is 12.4 Å². The molecule has 0 saturated heterocycles. The molecule has 20 heavy (non-hydrogen) atoms. The molecule has 2 aromatic rings. The van der Waals surface area contributed by atoms with E-state index in [1.807, 2.05) is 35.2 Å². The van der Waals surface area contributed by atoms with E-state index in [0.29, 0.717) is 11.3 Å². The van der Waals surface area contributed by atoms with Crippen molar-refractivity contribution in [1.82, 2.24) is 0 Å². The van der Waals surface area contributed by atoms with Crippen LogP contribution in [0.5, 0.6) is 0 Å². The van der Waals surface area contributed by atoms with E-state index in [0.717, 1.165) is 6.42 Å². The summed E-state index contributed by atoms with van der Waals surface area (Å²) in [6.45, 7) is 2.36. The van der Waals surface area contributed by atoms with E-state index < -0.39 is 0 Å². The maximum atomic E-state index is 11.9. The Morgan fingerprint density at radius 3 is 2.40 bits per heavy atom. The van der Waals surface area contributed by atoms with E-state index >= 15 is 0 Å². The molecule has 0 bridgehead atoms. The number of nitrogens with one attached hydrogen (secondary N) is 1. The third-order valence-electron chi connectivity index (χ3n) is 2.99. The van der Waals surface area contributed by atoms with Gasteiger partial charge in [-0.15, -0.1) is 0 Å². The molecule has 1 aromatic carbocycles. The molecular weight excluding hydrogens is 250 g/mol. The molecule has 1 amide bonds. The molecule has 0 fully saturated rings. The van der Waals surface area contributed by atoms with Crippen molar-refractivity contribution in [1.29, 1.82) is 5.26 Å². The highest BCUT2D eigenvalue weighted by atomic mass is 16.1. The minimum absolute atomic E-state index is 0.0936. The fourth-order valence-corrected chi connectivity index (χ4v) is 1.82. The highest BCUT2D eigenvalue weighted by Crippen LogP contribution is 2.08. The van der Waals surface area contributed by atoms with E-state index in [9.17, 15) is 4.79 Å². The smallest absolute Gasteiger partial charge is 0.290 e. The second-order valence-corrected chi connectivity index (χ2v) is 4.47. The summed E-state index contributed by atoms with van der Waals surface area (Å²) in [4.78, 5) is 11.9. The summed E-state index contributed by atoms with van der Waals surface area (Å²) in [5, 5.41) is 11.5. The van der Waals surface area contributed by atoms with E-state index in [1.54, 1.807) is 24.3 Å². The number of benzene rings is 1. The number of pyridine rings is 1. The number of carbonyl (C=O) groups is 1. The van der Waals surface area contributed by atoms with Crippen LogP contribution in [0.3, 0.4) is 0 Å². The molecule has 1 aromatic heterocycles. The molecule has 0 aliphatic heterocycles. The van der Waals surface area contributed by atoms with Gasteiger partial charge in [-0.05, 0) is 36.2 Å². The first-order valence-corrected chi connectivity index (χ1v) is 6.49. The number of aromatic nitrogens is 1. The number of nitrogens with zero attached hydrogens (tertiary/aromatic N) is 2. The lowest BCUT2D eigenvalue weighted by Gasteiger charge is -2.03. The predicted molar refractivity (Wildman–Crippen MR) is 75.8 cm³/mol. The van der Waals surface area contributed by atoms with Gasteiger partial charge in [-0.1, -0.05) is 6.92 Å². The average molecular weight is 266 g/mol. The zero-order valence-electron chi connectivity index (χ0n) is 11.3. The molecule has 0 unspecified atom stereocenters. The number of hydrogen-bond donors (Lipinski definition) is 1. The topological polar surface area (TPSA) is 56.8 Å². The highest BCUT2D eigenvalue weighted by molar-refractivity contribution is 5.89. The van der Waals surface area contributed by atoms with E-state index in [1.165, 1.54) is 5.56 Å². The van der Waals surface area contributed by atoms with Gasteiger partial charge in [-0.25, -0.2) is 0 Å². The van der Waals surface area contributed by atoms with Crippen LogP contribution in [-0.2, 0) is 17.8 Å².